The van der Waals surface area contributed by atoms with Crippen LogP contribution in [-0.4, -0.2) is 72.5 Å². The highest BCUT2D eigenvalue weighted by Gasteiger charge is 2.45. The molecule has 1 unspecified atom stereocenters. The molecule has 2 aromatic carbocycles. The van der Waals surface area contributed by atoms with E-state index >= 15 is 0 Å². The Morgan fingerprint density at radius 2 is 1.85 bits per heavy atom. The lowest BCUT2D eigenvalue weighted by molar-refractivity contribution is -0.123. The van der Waals surface area contributed by atoms with Crippen molar-refractivity contribution in [1.82, 2.24) is 14.7 Å². The molecule has 2 amide bonds. The Hall–Kier alpha value is -3.56. The maximum Gasteiger partial charge on any atom is 0.275 e. The highest BCUT2D eigenvalue weighted by Crippen LogP contribution is 2.44. The summed E-state index contributed by atoms with van der Waals surface area (Å²) >= 11 is 6.66. The average molecular weight is 548 g/mol. The van der Waals surface area contributed by atoms with Crippen molar-refractivity contribution in [2.75, 3.05) is 49.8 Å². The minimum Gasteiger partial charge on any atom is -0.489 e. The van der Waals surface area contributed by atoms with Gasteiger partial charge in [-0.25, -0.2) is 4.68 Å². The molecule has 2 saturated heterocycles. The van der Waals surface area contributed by atoms with Crippen molar-refractivity contribution in [2.24, 2.45) is 5.41 Å². The van der Waals surface area contributed by atoms with Crippen LogP contribution in [0.5, 0.6) is 5.75 Å². The van der Waals surface area contributed by atoms with Crippen molar-refractivity contribution >= 4 is 34.8 Å². The van der Waals surface area contributed by atoms with Gasteiger partial charge in [0.2, 0.25) is 0 Å². The van der Waals surface area contributed by atoms with E-state index in [0.717, 1.165) is 50.4 Å². The van der Waals surface area contributed by atoms with E-state index in [1.165, 1.54) is 4.90 Å². The lowest BCUT2D eigenvalue weighted by atomic mass is 9.73. The normalized spacial score (nSPS) is 21.9. The summed E-state index contributed by atoms with van der Waals surface area (Å²) in [7, 11) is 1.75. The molecule has 1 spiro atoms. The number of benzene rings is 2. The second kappa shape index (κ2) is 9.27. The Morgan fingerprint density at radius 1 is 1.08 bits per heavy atom. The van der Waals surface area contributed by atoms with E-state index in [1.807, 2.05) is 42.5 Å². The van der Waals surface area contributed by atoms with Crippen LogP contribution in [0.1, 0.15) is 34.5 Å². The van der Waals surface area contributed by atoms with Crippen LogP contribution in [-0.2, 0) is 22.6 Å². The molecule has 1 atom stereocenters. The molecule has 4 aliphatic rings. The summed E-state index contributed by atoms with van der Waals surface area (Å²) < 4.78 is 13.3. The van der Waals surface area contributed by atoms with Crippen molar-refractivity contribution < 1.29 is 19.1 Å². The van der Waals surface area contributed by atoms with Crippen LogP contribution in [0, 0.1) is 5.41 Å². The van der Waals surface area contributed by atoms with Crippen molar-refractivity contribution in [3.05, 3.63) is 70.5 Å². The van der Waals surface area contributed by atoms with E-state index in [2.05, 4.69) is 16.1 Å². The molecule has 7 rings (SSSR count). The van der Waals surface area contributed by atoms with Crippen LogP contribution in [0.15, 0.2) is 48.5 Å². The lowest BCUT2D eigenvalue weighted by Gasteiger charge is -2.53. The van der Waals surface area contributed by atoms with E-state index in [4.69, 9.17) is 21.1 Å². The van der Waals surface area contributed by atoms with Crippen LogP contribution in [0.3, 0.4) is 0 Å². The minimum atomic E-state index is -0.777. The number of carbonyl (C=O) groups is 2. The van der Waals surface area contributed by atoms with E-state index < -0.39 is 6.04 Å². The highest BCUT2D eigenvalue weighted by atomic mass is 35.5. The summed E-state index contributed by atoms with van der Waals surface area (Å²) in [5.41, 5.74) is 4.12. The van der Waals surface area contributed by atoms with E-state index in [1.54, 1.807) is 16.6 Å². The molecule has 0 N–H and O–H groups in total. The fourth-order valence-electron chi connectivity index (χ4n) is 6.24. The van der Waals surface area contributed by atoms with E-state index in [0.29, 0.717) is 39.8 Å². The summed E-state index contributed by atoms with van der Waals surface area (Å²) in [6.07, 6.45) is 2.19. The first kappa shape index (κ1) is 24.5. The van der Waals surface area contributed by atoms with Gasteiger partial charge in [-0.3, -0.25) is 9.59 Å². The van der Waals surface area contributed by atoms with Gasteiger partial charge in [-0.1, -0.05) is 41.9 Å². The molecule has 10 heteroatoms. The van der Waals surface area contributed by atoms with Crippen molar-refractivity contribution in [1.29, 1.82) is 0 Å². The number of nitrogens with zero attached hydrogens (tertiary/aromatic N) is 5. The Bertz CT molecular complexity index is 1440. The Kier molecular flexibility index (Phi) is 5.82. The summed E-state index contributed by atoms with van der Waals surface area (Å²) in [5.74, 6) is 0.138. The molecule has 202 valence electrons. The first-order chi connectivity index (χ1) is 18.9. The Balaban J connectivity index is 1.08. The number of rotatable bonds is 4. The number of aromatic nitrogens is 2. The van der Waals surface area contributed by atoms with Crippen LogP contribution in [0.2, 0.25) is 5.15 Å². The van der Waals surface area contributed by atoms with Gasteiger partial charge < -0.3 is 24.2 Å². The van der Waals surface area contributed by atoms with Gasteiger partial charge in [-0.05, 0) is 36.6 Å². The predicted octanol–water partition coefficient (Wildman–Crippen LogP) is 3.58. The maximum absolute atomic E-state index is 13.7. The van der Waals surface area contributed by atoms with Gasteiger partial charge in [-0.15, -0.1) is 0 Å². The number of ether oxygens (including phenoxy) is 2. The zero-order valence-electron chi connectivity index (χ0n) is 21.8. The van der Waals surface area contributed by atoms with Crippen LogP contribution in [0.4, 0.5) is 11.4 Å². The number of hydrogen-bond acceptors (Lipinski definition) is 6. The second-order valence-corrected chi connectivity index (χ2v) is 11.4. The SMILES string of the molecule is CN1C(=O)C(N2Cc3c(nn(Cc4ccccc4)c3Cl)C2=O)COc2ccc(N3CC4(CCOCC4)C3)cc21. The standard InChI is InChI=1S/C29H30ClN5O4/c1-32-22-13-20(33-17-29(18-33)9-11-38-12-10-29)7-8-24(22)39-16-23(27(32)36)34-15-21-25(28(34)37)31-35(26(21)30)14-19-5-3-2-4-6-19/h2-8,13,23H,9-12,14-18H2,1H3. The fraction of sp³-hybridized carbons (Fsp3) is 0.414. The van der Waals surface area contributed by atoms with E-state index in [-0.39, 0.29) is 25.0 Å². The zero-order valence-corrected chi connectivity index (χ0v) is 22.6. The number of fused-ring (bicyclic) bond motifs is 2. The molecule has 0 radical (unpaired) electrons. The summed E-state index contributed by atoms with van der Waals surface area (Å²) in [6, 6.07) is 15.1. The number of anilines is 2. The van der Waals surface area contributed by atoms with Gasteiger partial charge in [0.25, 0.3) is 11.8 Å². The molecule has 5 heterocycles. The number of likely N-dealkylation sites (N-methyl/N-ethyl adjacent to an activating group) is 1. The predicted molar refractivity (Wildman–Crippen MR) is 146 cm³/mol. The topological polar surface area (TPSA) is 80.1 Å². The first-order valence-electron chi connectivity index (χ1n) is 13.4. The van der Waals surface area contributed by atoms with Gasteiger partial charge in [0.1, 0.15) is 23.6 Å². The molecule has 0 saturated carbocycles. The third kappa shape index (κ3) is 4.06. The molecule has 1 aromatic heterocycles. The molecule has 4 aliphatic heterocycles. The largest absolute Gasteiger partial charge is 0.489 e. The van der Waals surface area contributed by atoms with Gasteiger partial charge in [-0.2, -0.15) is 5.10 Å². The third-order valence-electron chi connectivity index (χ3n) is 8.61. The molecule has 39 heavy (non-hydrogen) atoms. The molecule has 0 aliphatic carbocycles. The molecular formula is C29H30ClN5O4. The molecule has 0 bridgehead atoms. The van der Waals surface area contributed by atoms with Crippen molar-refractivity contribution in [2.45, 2.75) is 32.0 Å². The minimum absolute atomic E-state index is 0.0694. The smallest absolute Gasteiger partial charge is 0.275 e. The number of hydrogen-bond donors (Lipinski definition) is 0. The van der Waals surface area contributed by atoms with Crippen molar-refractivity contribution in [3.8, 4) is 5.75 Å². The summed E-state index contributed by atoms with van der Waals surface area (Å²) in [5, 5.41) is 4.94. The third-order valence-corrected chi connectivity index (χ3v) is 9.04. The van der Waals surface area contributed by atoms with Crippen LogP contribution >= 0.6 is 11.6 Å². The number of amides is 2. The summed E-state index contributed by atoms with van der Waals surface area (Å²) in [6.45, 7) is 4.42. The van der Waals surface area contributed by atoms with Crippen LogP contribution < -0.4 is 14.5 Å². The zero-order chi connectivity index (χ0) is 26.7. The summed E-state index contributed by atoms with van der Waals surface area (Å²) in [4.78, 5) is 32.6. The highest BCUT2D eigenvalue weighted by molar-refractivity contribution is 6.31. The molecule has 3 aromatic rings. The second-order valence-electron chi connectivity index (χ2n) is 11.0. The van der Waals surface area contributed by atoms with Gasteiger partial charge in [0, 0.05) is 50.0 Å². The Labute approximate surface area is 231 Å². The number of carbonyl (C=O) groups excluding carboxylic acids is 2. The average Bonchev–Trinajstić information content (AvgIpc) is 3.38. The lowest BCUT2D eigenvalue weighted by Crippen LogP contribution is -2.58. The molecule has 9 nitrogen and oxygen atoms in total. The quantitative estimate of drug-likeness (QED) is 0.497. The van der Waals surface area contributed by atoms with Gasteiger partial charge in [0.05, 0.1) is 18.8 Å². The number of halogens is 1. The fourth-order valence-corrected chi connectivity index (χ4v) is 6.49. The Morgan fingerprint density at radius 3 is 2.59 bits per heavy atom. The van der Waals surface area contributed by atoms with Crippen LogP contribution in [0.25, 0.3) is 0 Å². The monoisotopic (exact) mass is 547 g/mol. The first-order valence-corrected chi connectivity index (χ1v) is 13.8. The van der Waals surface area contributed by atoms with Crippen molar-refractivity contribution in [3.63, 3.8) is 0 Å². The molecular weight excluding hydrogens is 518 g/mol. The van der Waals surface area contributed by atoms with Gasteiger partial charge >= 0.3 is 0 Å². The van der Waals surface area contributed by atoms with Gasteiger partial charge in [0.15, 0.2) is 5.69 Å². The maximum atomic E-state index is 13.7. The van der Waals surface area contributed by atoms with E-state index in [9.17, 15) is 9.59 Å². The molecule has 2 fully saturated rings.